The van der Waals surface area contributed by atoms with Gasteiger partial charge < -0.3 is 15.1 Å². The molecule has 0 radical (unpaired) electrons. The lowest BCUT2D eigenvalue weighted by molar-refractivity contribution is -0.139. The number of phenolic OH excluding ortho intramolecular Hbond substituents is 1. The molecule has 2 bridgehead atoms. The van der Waals surface area contributed by atoms with Gasteiger partial charge in [0.2, 0.25) is 0 Å². The van der Waals surface area contributed by atoms with E-state index in [1.165, 1.54) is 0 Å². The minimum atomic E-state index is -0.784. The number of carboxylic acid groups (broad SMARTS) is 1. The molecule has 2 saturated heterocycles. The fourth-order valence-corrected chi connectivity index (χ4v) is 2.92. The minimum absolute atomic E-state index is 0.168. The molecule has 4 nitrogen and oxygen atoms in total. The Balaban J connectivity index is 2.01. The van der Waals surface area contributed by atoms with Crippen molar-refractivity contribution in [3.8, 4) is 5.75 Å². The summed E-state index contributed by atoms with van der Waals surface area (Å²) in [5.74, 6) is -0.364. The maximum absolute atomic E-state index is 11.2. The van der Waals surface area contributed by atoms with Gasteiger partial charge in [-0.3, -0.25) is 0 Å². The molecule has 3 aliphatic rings. The lowest BCUT2D eigenvalue weighted by atomic mass is 9.83. The molecule has 16 heavy (non-hydrogen) atoms. The minimum Gasteiger partial charge on any atom is -0.506 e. The van der Waals surface area contributed by atoms with Crippen molar-refractivity contribution in [2.75, 3.05) is 4.90 Å². The van der Waals surface area contributed by atoms with Crippen LogP contribution in [-0.4, -0.2) is 28.3 Å². The van der Waals surface area contributed by atoms with Crippen LogP contribution >= 0.6 is 0 Å². The van der Waals surface area contributed by atoms with Crippen LogP contribution in [0.5, 0.6) is 5.75 Å². The normalized spacial score (nSPS) is 31.2. The van der Waals surface area contributed by atoms with Gasteiger partial charge in [0.25, 0.3) is 0 Å². The van der Waals surface area contributed by atoms with E-state index in [-0.39, 0.29) is 11.7 Å². The lowest BCUT2D eigenvalue weighted by Crippen LogP contribution is -2.36. The van der Waals surface area contributed by atoms with Gasteiger partial charge in [0, 0.05) is 6.04 Å². The van der Waals surface area contributed by atoms with Crippen LogP contribution in [0.2, 0.25) is 0 Å². The number of fused-ring (bicyclic) bond motifs is 1. The molecule has 2 heterocycles. The molecule has 2 aliphatic heterocycles. The van der Waals surface area contributed by atoms with Gasteiger partial charge in [-0.2, -0.15) is 0 Å². The highest BCUT2D eigenvalue weighted by Crippen LogP contribution is 2.49. The van der Waals surface area contributed by atoms with Crippen molar-refractivity contribution >= 4 is 11.7 Å². The lowest BCUT2D eigenvalue weighted by Gasteiger charge is -2.28. The monoisotopic (exact) mass is 219 g/mol. The van der Waals surface area contributed by atoms with Crippen LogP contribution in [-0.2, 0) is 4.79 Å². The van der Waals surface area contributed by atoms with Crippen molar-refractivity contribution in [2.24, 2.45) is 5.92 Å². The second-order valence-corrected chi connectivity index (χ2v) is 4.56. The van der Waals surface area contributed by atoms with Gasteiger partial charge >= 0.3 is 5.97 Å². The molecule has 84 valence electrons. The number of benzene rings is 1. The zero-order valence-corrected chi connectivity index (χ0v) is 8.71. The van der Waals surface area contributed by atoms with Gasteiger partial charge in [0.15, 0.2) is 0 Å². The third-order valence-electron chi connectivity index (χ3n) is 3.70. The Labute approximate surface area is 93.1 Å². The van der Waals surface area contributed by atoms with Crippen molar-refractivity contribution in [1.29, 1.82) is 0 Å². The summed E-state index contributed by atoms with van der Waals surface area (Å²) in [7, 11) is 0. The van der Waals surface area contributed by atoms with E-state index in [4.69, 9.17) is 0 Å². The van der Waals surface area contributed by atoms with E-state index in [9.17, 15) is 15.0 Å². The third-order valence-corrected chi connectivity index (χ3v) is 3.70. The summed E-state index contributed by atoms with van der Waals surface area (Å²) in [6.07, 6.45) is 1.87. The van der Waals surface area contributed by atoms with E-state index in [1.807, 2.05) is 11.0 Å². The molecule has 2 N–H and O–H groups in total. The first-order valence-corrected chi connectivity index (χ1v) is 5.47. The molecular weight excluding hydrogens is 206 g/mol. The molecule has 3 fully saturated rings. The van der Waals surface area contributed by atoms with Crippen LogP contribution in [0.3, 0.4) is 0 Å². The van der Waals surface area contributed by atoms with Crippen LogP contribution in [0.15, 0.2) is 24.3 Å². The average molecular weight is 219 g/mol. The van der Waals surface area contributed by atoms with Gasteiger partial charge in [-0.1, -0.05) is 12.1 Å². The standard InChI is InChI=1S/C12H13NO3/c14-10-4-2-1-3-9(10)13-8-5-7(6-8)11(13)12(15)16/h1-4,7-8,11,14H,5-6H2,(H,15,16). The Morgan fingerprint density at radius 2 is 2.00 bits per heavy atom. The number of carbonyl (C=O) groups is 1. The fourth-order valence-electron chi connectivity index (χ4n) is 2.92. The van der Waals surface area contributed by atoms with Gasteiger partial charge in [0.05, 0.1) is 5.69 Å². The summed E-state index contributed by atoms with van der Waals surface area (Å²) >= 11 is 0. The van der Waals surface area contributed by atoms with Crippen molar-refractivity contribution in [1.82, 2.24) is 0 Å². The summed E-state index contributed by atoms with van der Waals surface area (Å²) < 4.78 is 0. The summed E-state index contributed by atoms with van der Waals surface area (Å²) in [6, 6.07) is 6.78. The number of para-hydroxylation sites is 2. The topological polar surface area (TPSA) is 60.8 Å². The quantitative estimate of drug-likeness (QED) is 0.790. The number of aromatic hydroxyl groups is 1. The number of carboxylic acids is 1. The average Bonchev–Trinajstić information content (AvgIpc) is 2.71. The van der Waals surface area contributed by atoms with Crippen LogP contribution < -0.4 is 4.90 Å². The highest BCUT2D eigenvalue weighted by atomic mass is 16.4. The molecule has 4 rings (SSSR count). The number of phenols is 1. The SMILES string of the molecule is O=C(O)C1C2CC(C2)N1c1ccccc1O. The van der Waals surface area contributed by atoms with Gasteiger partial charge in [-0.25, -0.2) is 4.79 Å². The second kappa shape index (κ2) is 3.14. The second-order valence-electron chi connectivity index (χ2n) is 4.56. The molecule has 1 unspecified atom stereocenters. The van der Waals surface area contributed by atoms with E-state index in [1.54, 1.807) is 18.2 Å². The molecule has 1 aromatic carbocycles. The predicted octanol–water partition coefficient (Wildman–Crippen LogP) is 1.44. The Bertz CT molecular complexity index is 440. The fraction of sp³-hybridized carbons (Fsp3) is 0.417. The molecule has 1 aromatic rings. The number of nitrogens with zero attached hydrogens (tertiary/aromatic N) is 1. The number of aliphatic carboxylic acids is 1. The molecule has 4 heteroatoms. The van der Waals surface area contributed by atoms with Crippen LogP contribution in [0.25, 0.3) is 0 Å². The number of hydrogen-bond acceptors (Lipinski definition) is 3. The van der Waals surface area contributed by atoms with Crippen molar-refractivity contribution in [3.63, 3.8) is 0 Å². The number of rotatable bonds is 2. The summed E-state index contributed by atoms with van der Waals surface area (Å²) in [4.78, 5) is 13.1. The largest absolute Gasteiger partial charge is 0.506 e. The molecule has 0 aromatic heterocycles. The van der Waals surface area contributed by atoms with Gasteiger partial charge in [0.1, 0.15) is 11.8 Å². The van der Waals surface area contributed by atoms with Crippen LogP contribution in [0.4, 0.5) is 5.69 Å². The van der Waals surface area contributed by atoms with Crippen LogP contribution in [0, 0.1) is 5.92 Å². The maximum Gasteiger partial charge on any atom is 0.326 e. The zero-order valence-electron chi connectivity index (χ0n) is 8.71. The highest BCUT2D eigenvalue weighted by Gasteiger charge is 2.54. The van der Waals surface area contributed by atoms with E-state index >= 15 is 0 Å². The first kappa shape index (κ1) is 9.51. The van der Waals surface area contributed by atoms with Crippen molar-refractivity contribution < 1.29 is 15.0 Å². The molecular formula is C12H13NO3. The third kappa shape index (κ3) is 1.13. The van der Waals surface area contributed by atoms with E-state index < -0.39 is 12.0 Å². The Hall–Kier alpha value is -1.71. The summed E-state index contributed by atoms with van der Waals surface area (Å²) in [5, 5.41) is 19.0. The summed E-state index contributed by atoms with van der Waals surface area (Å²) in [5.41, 5.74) is 0.653. The Morgan fingerprint density at radius 3 is 2.62 bits per heavy atom. The smallest absolute Gasteiger partial charge is 0.326 e. The molecule has 1 aliphatic carbocycles. The van der Waals surface area contributed by atoms with Crippen LogP contribution in [0.1, 0.15) is 12.8 Å². The highest BCUT2D eigenvalue weighted by molar-refractivity contribution is 5.82. The maximum atomic E-state index is 11.2. The van der Waals surface area contributed by atoms with E-state index in [2.05, 4.69) is 0 Å². The predicted molar refractivity (Wildman–Crippen MR) is 58.5 cm³/mol. The Kier molecular flexibility index (Phi) is 1.87. The van der Waals surface area contributed by atoms with E-state index in [0.717, 1.165) is 12.8 Å². The molecule has 1 atom stereocenters. The van der Waals surface area contributed by atoms with Gasteiger partial charge in [-0.15, -0.1) is 0 Å². The molecule has 0 spiro atoms. The van der Waals surface area contributed by atoms with Gasteiger partial charge in [-0.05, 0) is 30.9 Å². The Morgan fingerprint density at radius 1 is 1.31 bits per heavy atom. The first-order valence-electron chi connectivity index (χ1n) is 5.47. The zero-order chi connectivity index (χ0) is 11.3. The first-order chi connectivity index (χ1) is 7.68. The van der Waals surface area contributed by atoms with Crippen molar-refractivity contribution in [2.45, 2.75) is 24.9 Å². The van der Waals surface area contributed by atoms with E-state index in [0.29, 0.717) is 11.7 Å². The number of hydrogen-bond donors (Lipinski definition) is 2. The summed E-state index contributed by atoms with van der Waals surface area (Å²) in [6.45, 7) is 0. The molecule has 1 saturated carbocycles. The van der Waals surface area contributed by atoms with Crippen molar-refractivity contribution in [3.05, 3.63) is 24.3 Å². The molecule has 0 amide bonds. The number of anilines is 1.